The number of benzene rings is 1. The zero-order valence-corrected chi connectivity index (χ0v) is 19.1. The van der Waals surface area contributed by atoms with Gasteiger partial charge in [0.15, 0.2) is 12.4 Å². The largest absolute Gasteiger partial charge is 0.471 e. The van der Waals surface area contributed by atoms with Crippen LogP contribution in [0.5, 0.6) is 5.75 Å². The van der Waals surface area contributed by atoms with Gasteiger partial charge in [-0.1, -0.05) is 29.3 Å². The predicted molar refractivity (Wildman–Crippen MR) is 121 cm³/mol. The fourth-order valence-corrected chi connectivity index (χ4v) is 3.44. The summed E-state index contributed by atoms with van der Waals surface area (Å²) < 4.78 is 10.8. The molecule has 0 aliphatic heterocycles. The van der Waals surface area contributed by atoms with Gasteiger partial charge in [-0.3, -0.25) is 9.48 Å². The molecule has 9 nitrogen and oxygen atoms in total. The molecule has 0 atom stereocenters. The van der Waals surface area contributed by atoms with Crippen molar-refractivity contribution in [3.05, 3.63) is 76.1 Å². The van der Waals surface area contributed by atoms with E-state index in [4.69, 9.17) is 16.3 Å². The number of ether oxygens (including phenoxy) is 1. The van der Waals surface area contributed by atoms with Crippen LogP contribution in [0.15, 0.2) is 42.9 Å². The van der Waals surface area contributed by atoms with Crippen molar-refractivity contribution in [1.82, 2.24) is 29.3 Å². The topological polar surface area (TPSA) is 91.8 Å². The maximum atomic E-state index is 12.6. The highest BCUT2D eigenvalue weighted by molar-refractivity contribution is 6.31. The molecule has 0 aliphatic rings. The molecule has 1 amide bonds. The maximum Gasteiger partial charge on any atom is 0.276 e. The molecular formula is C22H24ClN7O2. The van der Waals surface area contributed by atoms with Gasteiger partial charge in [-0.25, -0.2) is 9.36 Å². The SMILES string of the molecule is Cc1ccc(OCn2cc(NC(=O)c3ccn(Cn4nc(C)c(Cl)c4C)n3)cn2)c(C)c1. The number of hydrogen-bond acceptors (Lipinski definition) is 5. The van der Waals surface area contributed by atoms with E-state index in [0.717, 1.165) is 22.7 Å². The van der Waals surface area contributed by atoms with Gasteiger partial charge in [0.2, 0.25) is 0 Å². The van der Waals surface area contributed by atoms with Gasteiger partial charge in [-0.2, -0.15) is 15.3 Å². The van der Waals surface area contributed by atoms with E-state index >= 15 is 0 Å². The Labute approximate surface area is 190 Å². The van der Waals surface area contributed by atoms with Crippen molar-refractivity contribution >= 4 is 23.2 Å². The molecule has 0 unspecified atom stereocenters. The molecule has 0 fully saturated rings. The zero-order valence-electron chi connectivity index (χ0n) is 18.3. The van der Waals surface area contributed by atoms with Gasteiger partial charge in [-0.15, -0.1) is 0 Å². The number of nitrogens with zero attached hydrogens (tertiary/aromatic N) is 6. The normalized spacial score (nSPS) is 11.0. The summed E-state index contributed by atoms with van der Waals surface area (Å²) in [6.07, 6.45) is 4.99. The molecule has 0 aliphatic carbocycles. The smallest absolute Gasteiger partial charge is 0.276 e. The van der Waals surface area contributed by atoms with E-state index < -0.39 is 0 Å². The standard InChI is InChI=1S/C22H24ClN7O2/c1-14-5-6-20(15(2)9-14)32-13-29-11-18(10-24-29)25-22(31)19-7-8-28(27-19)12-30-17(4)21(23)16(3)26-30/h5-11H,12-13H2,1-4H3,(H,25,31). The summed E-state index contributed by atoms with van der Waals surface area (Å²) in [5.41, 5.74) is 4.69. The second-order valence-electron chi connectivity index (χ2n) is 7.63. The zero-order chi connectivity index (χ0) is 22.8. The molecule has 4 aromatic rings. The number of aryl methyl sites for hydroxylation is 3. The number of hydrogen-bond donors (Lipinski definition) is 1. The Morgan fingerprint density at radius 1 is 1.12 bits per heavy atom. The van der Waals surface area contributed by atoms with Gasteiger partial charge in [0.1, 0.15) is 12.4 Å². The van der Waals surface area contributed by atoms with E-state index in [2.05, 4.69) is 26.7 Å². The van der Waals surface area contributed by atoms with Crippen molar-refractivity contribution in [1.29, 1.82) is 0 Å². The first-order valence-corrected chi connectivity index (χ1v) is 10.4. The highest BCUT2D eigenvalue weighted by Gasteiger charge is 2.13. The minimum atomic E-state index is -0.329. The molecule has 0 spiro atoms. The molecular weight excluding hydrogens is 430 g/mol. The summed E-state index contributed by atoms with van der Waals surface area (Å²) in [4.78, 5) is 12.6. The van der Waals surface area contributed by atoms with Gasteiger partial charge in [0.25, 0.3) is 5.91 Å². The van der Waals surface area contributed by atoms with Crippen LogP contribution in [0.2, 0.25) is 5.02 Å². The first-order valence-electron chi connectivity index (χ1n) is 10.1. The fraction of sp³-hybridized carbons (Fsp3) is 0.273. The molecule has 3 heterocycles. The highest BCUT2D eigenvalue weighted by Crippen LogP contribution is 2.20. The molecule has 4 rings (SSSR count). The van der Waals surface area contributed by atoms with Crippen molar-refractivity contribution in [3.8, 4) is 5.75 Å². The van der Waals surface area contributed by atoms with Crippen molar-refractivity contribution < 1.29 is 9.53 Å². The van der Waals surface area contributed by atoms with Gasteiger partial charge in [0.05, 0.1) is 34.5 Å². The minimum Gasteiger partial charge on any atom is -0.471 e. The number of amides is 1. The second kappa shape index (κ2) is 8.88. The van der Waals surface area contributed by atoms with Crippen LogP contribution in [0, 0.1) is 27.7 Å². The molecule has 1 aromatic carbocycles. The van der Waals surface area contributed by atoms with E-state index in [9.17, 15) is 4.79 Å². The molecule has 3 aromatic heterocycles. The predicted octanol–water partition coefficient (Wildman–Crippen LogP) is 3.96. The summed E-state index contributed by atoms with van der Waals surface area (Å²) in [6.45, 7) is 8.37. The average Bonchev–Trinajstić information content (AvgIpc) is 3.45. The third kappa shape index (κ3) is 4.67. The van der Waals surface area contributed by atoms with E-state index in [1.165, 1.54) is 5.56 Å². The van der Waals surface area contributed by atoms with Crippen LogP contribution in [-0.2, 0) is 13.4 Å². The second-order valence-corrected chi connectivity index (χ2v) is 8.01. The fourth-order valence-electron chi connectivity index (χ4n) is 3.30. The van der Waals surface area contributed by atoms with E-state index in [1.807, 2.05) is 39.8 Å². The average molecular weight is 454 g/mol. The third-order valence-electron chi connectivity index (χ3n) is 5.02. The Morgan fingerprint density at radius 3 is 2.66 bits per heavy atom. The van der Waals surface area contributed by atoms with Crippen LogP contribution in [0.1, 0.15) is 33.0 Å². The summed E-state index contributed by atoms with van der Waals surface area (Å²) >= 11 is 6.19. The van der Waals surface area contributed by atoms with Crippen molar-refractivity contribution in [2.24, 2.45) is 0 Å². The Morgan fingerprint density at radius 2 is 1.94 bits per heavy atom. The van der Waals surface area contributed by atoms with Crippen LogP contribution in [0.3, 0.4) is 0 Å². The summed E-state index contributed by atoms with van der Waals surface area (Å²) in [6, 6.07) is 7.65. The summed E-state index contributed by atoms with van der Waals surface area (Å²) in [5.74, 6) is 0.469. The molecule has 32 heavy (non-hydrogen) atoms. The first kappa shape index (κ1) is 21.6. The minimum absolute atomic E-state index is 0.236. The molecule has 0 saturated carbocycles. The molecule has 1 N–H and O–H groups in total. The summed E-state index contributed by atoms with van der Waals surface area (Å²) in [7, 11) is 0. The van der Waals surface area contributed by atoms with Gasteiger partial charge < -0.3 is 10.1 Å². The monoisotopic (exact) mass is 453 g/mol. The van der Waals surface area contributed by atoms with Crippen LogP contribution < -0.4 is 10.1 Å². The Hall–Kier alpha value is -3.59. The van der Waals surface area contributed by atoms with Crippen LogP contribution in [0.4, 0.5) is 5.69 Å². The first-order chi connectivity index (χ1) is 15.3. The lowest BCUT2D eigenvalue weighted by Crippen LogP contribution is -2.15. The molecule has 0 bridgehead atoms. The molecule has 0 radical (unpaired) electrons. The quantitative estimate of drug-likeness (QED) is 0.457. The maximum absolute atomic E-state index is 12.6. The highest BCUT2D eigenvalue weighted by atomic mass is 35.5. The van der Waals surface area contributed by atoms with Crippen molar-refractivity contribution in [2.75, 3.05) is 5.32 Å². The van der Waals surface area contributed by atoms with Crippen LogP contribution in [-0.4, -0.2) is 35.2 Å². The molecule has 10 heteroatoms. The Kier molecular flexibility index (Phi) is 6.00. The lowest BCUT2D eigenvalue weighted by atomic mass is 10.1. The van der Waals surface area contributed by atoms with Gasteiger partial charge in [0, 0.05) is 6.20 Å². The number of anilines is 1. The van der Waals surface area contributed by atoms with Crippen molar-refractivity contribution in [2.45, 2.75) is 41.1 Å². The van der Waals surface area contributed by atoms with E-state index in [0.29, 0.717) is 17.4 Å². The molecule has 166 valence electrons. The van der Waals surface area contributed by atoms with E-state index in [-0.39, 0.29) is 18.3 Å². The summed E-state index contributed by atoms with van der Waals surface area (Å²) in [5, 5.41) is 16.4. The van der Waals surface area contributed by atoms with E-state index in [1.54, 1.807) is 38.7 Å². The Balaban J connectivity index is 1.35. The number of carbonyl (C=O) groups is 1. The number of rotatable bonds is 7. The lowest BCUT2D eigenvalue weighted by molar-refractivity contribution is 0.102. The van der Waals surface area contributed by atoms with Crippen molar-refractivity contribution in [3.63, 3.8) is 0 Å². The van der Waals surface area contributed by atoms with Crippen LogP contribution >= 0.6 is 11.6 Å². The lowest BCUT2D eigenvalue weighted by Gasteiger charge is -2.09. The number of aromatic nitrogens is 6. The number of nitrogens with one attached hydrogen (secondary N) is 1. The number of halogens is 1. The third-order valence-corrected chi connectivity index (χ3v) is 5.57. The Bertz CT molecular complexity index is 1270. The molecule has 0 saturated heterocycles. The van der Waals surface area contributed by atoms with Crippen LogP contribution in [0.25, 0.3) is 0 Å². The van der Waals surface area contributed by atoms with Gasteiger partial charge >= 0.3 is 0 Å². The van der Waals surface area contributed by atoms with Gasteiger partial charge in [-0.05, 0) is 45.4 Å². The number of carbonyl (C=O) groups excluding carboxylic acids is 1.